The monoisotopic (exact) mass is 543 g/mol. The third-order valence-electron chi connectivity index (χ3n) is 6.76. The molecule has 0 spiro atoms. The van der Waals surface area contributed by atoms with Crippen molar-refractivity contribution < 1.29 is 19.1 Å². The SMILES string of the molecule is C/C=C(/CN(C(=O)OC(C)(C)C)[C@@H](Cc1ccccc1)C(=O)OCc1ccccc1)[Si](C)(C)c1ccccc1. The number of amides is 1. The number of carbonyl (C=O) groups is 2. The smallest absolute Gasteiger partial charge is 0.411 e. The molecular weight excluding hydrogens is 502 g/mol. The van der Waals surface area contributed by atoms with E-state index in [0.717, 1.165) is 16.3 Å². The molecule has 0 aliphatic heterocycles. The zero-order valence-electron chi connectivity index (χ0n) is 24.0. The van der Waals surface area contributed by atoms with E-state index in [4.69, 9.17) is 9.47 Å². The quantitative estimate of drug-likeness (QED) is 0.211. The predicted octanol–water partition coefficient (Wildman–Crippen LogP) is 6.68. The number of esters is 1. The molecule has 0 fully saturated rings. The van der Waals surface area contributed by atoms with Gasteiger partial charge in [0.25, 0.3) is 0 Å². The molecule has 3 aromatic rings. The topological polar surface area (TPSA) is 55.8 Å². The van der Waals surface area contributed by atoms with Crippen molar-refractivity contribution in [1.82, 2.24) is 4.90 Å². The Morgan fingerprint density at radius 3 is 1.87 bits per heavy atom. The number of hydrogen-bond donors (Lipinski definition) is 0. The van der Waals surface area contributed by atoms with E-state index in [-0.39, 0.29) is 13.2 Å². The summed E-state index contributed by atoms with van der Waals surface area (Å²) in [7, 11) is -2.16. The maximum atomic E-state index is 13.8. The van der Waals surface area contributed by atoms with Crippen LogP contribution in [-0.4, -0.2) is 43.2 Å². The van der Waals surface area contributed by atoms with E-state index in [1.54, 1.807) is 4.90 Å². The van der Waals surface area contributed by atoms with Gasteiger partial charge in [0, 0.05) is 13.0 Å². The molecule has 5 nitrogen and oxygen atoms in total. The Bertz CT molecular complexity index is 1230. The fraction of sp³-hybridized carbons (Fsp3) is 0.333. The van der Waals surface area contributed by atoms with Gasteiger partial charge in [-0.25, -0.2) is 9.59 Å². The van der Waals surface area contributed by atoms with Crippen LogP contribution in [0.1, 0.15) is 38.8 Å². The van der Waals surface area contributed by atoms with Gasteiger partial charge in [-0.3, -0.25) is 4.90 Å². The van der Waals surface area contributed by atoms with Crippen LogP contribution in [-0.2, 0) is 27.3 Å². The fourth-order valence-corrected chi connectivity index (χ4v) is 7.16. The first kappa shape index (κ1) is 29.9. The predicted molar refractivity (Wildman–Crippen MR) is 160 cm³/mol. The molecule has 0 saturated carbocycles. The Balaban J connectivity index is 2.00. The van der Waals surface area contributed by atoms with E-state index in [2.05, 4.69) is 31.3 Å². The van der Waals surface area contributed by atoms with Crippen LogP contribution in [0.15, 0.2) is 102 Å². The van der Waals surface area contributed by atoms with Crippen LogP contribution in [0.3, 0.4) is 0 Å². The lowest BCUT2D eigenvalue weighted by atomic mass is 10.0. The normalized spacial score (nSPS) is 12.9. The van der Waals surface area contributed by atoms with Crippen LogP contribution >= 0.6 is 0 Å². The van der Waals surface area contributed by atoms with Gasteiger partial charge in [-0.15, -0.1) is 0 Å². The third kappa shape index (κ3) is 8.68. The Morgan fingerprint density at radius 1 is 0.846 bits per heavy atom. The van der Waals surface area contributed by atoms with Gasteiger partial charge in [0.2, 0.25) is 0 Å². The molecule has 3 rings (SSSR count). The van der Waals surface area contributed by atoms with Crippen molar-refractivity contribution in [2.24, 2.45) is 0 Å². The molecule has 0 saturated heterocycles. The molecule has 1 atom stereocenters. The summed E-state index contributed by atoms with van der Waals surface area (Å²) in [4.78, 5) is 29.1. The molecule has 206 valence electrons. The first-order chi connectivity index (χ1) is 18.5. The number of carbonyl (C=O) groups excluding carboxylic acids is 2. The first-order valence-corrected chi connectivity index (χ1v) is 16.5. The minimum absolute atomic E-state index is 0.133. The Hall–Kier alpha value is -3.64. The van der Waals surface area contributed by atoms with E-state index in [1.165, 1.54) is 5.19 Å². The molecule has 0 N–H and O–H groups in total. The minimum atomic E-state index is -2.16. The summed E-state index contributed by atoms with van der Waals surface area (Å²) in [6.07, 6.45) is 1.88. The zero-order chi connectivity index (χ0) is 28.5. The van der Waals surface area contributed by atoms with Crippen LogP contribution in [0.2, 0.25) is 13.1 Å². The van der Waals surface area contributed by atoms with Crippen LogP contribution in [0.4, 0.5) is 4.79 Å². The van der Waals surface area contributed by atoms with Gasteiger partial charge < -0.3 is 9.47 Å². The highest BCUT2D eigenvalue weighted by Crippen LogP contribution is 2.23. The number of allylic oxidation sites excluding steroid dienone is 1. The third-order valence-corrected chi connectivity index (χ3v) is 10.6. The number of benzene rings is 3. The van der Waals surface area contributed by atoms with E-state index in [1.807, 2.05) is 107 Å². The van der Waals surface area contributed by atoms with Gasteiger partial charge in [-0.1, -0.05) is 121 Å². The van der Waals surface area contributed by atoms with Gasteiger partial charge >= 0.3 is 12.1 Å². The summed E-state index contributed by atoms with van der Waals surface area (Å²) >= 11 is 0. The van der Waals surface area contributed by atoms with E-state index < -0.39 is 31.8 Å². The molecule has 1 amide bonds. The minimum Gasteiger partial charge on any atom is -0.459 e. The number of rotatable bonds is 10. The average molecular weight is 544 g/mol. The molecular formula is C33H41NO4Si. The molecule has 39 heavy (non-hydrogen) atoms. The molecule has 6 heteroatoms. The van der Waals surface area contributed by atoms with Gasteiger partial charge in [0.15, 0.2) is 0 Å². The fourth-order valence-electron chi connectivity index (χ4n) is 4.48. The summed E-state index contributed by atoms with van der Waals surface area (Å²) in [6.45, 7) is 12.5. The summed E-state index contributed by atoms with van der Waals surface area (Å²) in [5.41, 5.74) is 1.11. The molecule has 0 bridgehead atoms. The van der Waals surface area contributed by atoms with Gasteiger partial charge in [-0.2, -0.15) is 0 Å². The van der Waals surface area contributed by atoms with E-state index >= 15 is 0 Å². The van der Waals surface area contributed by atoms with Crippen LogP contribution in [0.5, 0.6) is 0 Å². The summed E-state index contributed by atoms with van der Waals surface area (Å²) in [5, 5.41) is 2.39. The second kappa shape index (κ2) is 13.4. The molecule has 0 aromatic heterocycles. The van der Waals surface area contributed by atoms with Gasteiger partial charge in [0.1, 0.15) is 26.3 Å². The second-order valence-electron chi connectivity index (χ2n) is 11.2. The Kier molecular flexibility index (Phi) is 10.3. The van der Waals surface area contributed by atoms with Crippen LogP contribution in [0, 0.1) is 0 Å². The lowest BCUT2D eigenvalue weighted by Crippen LogP contribution is -2.53. The van der Waals surface area contributed by atoms with E-state index in [0.29, 0.717) is 6.42 Å². The van der Waals surface area contributed by atoms with Gasteiger partial charge in [-0.05, 0) is 38.8 Å². The molecule has 0 heterocycles. The molecule has 0 aliphatic rings. The Labute approximate surface area is 234 Å². The Morgan fingerprint density at radius 2 is 1.36 bits per heavy atom. The van der Waals surface area contributed by atoms with Crippen LogP contribution < -0.4 is 5.19 Å². The highest BCUT2D eigenvalue weighted by Gasteiger charge is 2.38. The first-order valence-electron chi connectivity index (χ1n) is 13.5. The van der Waals surface area contributed by atoms with Crippen molar-refractivity contribution in [1.29, 1.82) is 0 Å². The molecule has 0 aliphatic carbocycles. The highest BCUT2D eigenvalue weighted by atomic mass is 28.3. The second-order valence-corrected chi connectivity index (χ2v) is 15.7. The van der Waals surface area contributed by atoms with Crippen molar-refractivity contribution >= 4 is 25.3 Å². The maximum Gasteiger partial charge on any atom is 0.411 e. The molecule has 0 radical (unpaired) electrons. The highest BCUT2D eigenvalue weighted by molar-refractivity contribution is 6.95. The zero-order valence-corrected chi connectivity index (χ0v) is 25.0. The van der Waals surface area contributed by atoms with E-state index in [9.17, 15) is 9.59 Å². The van der Waals surface area contributed by atoms with Crippen LogP contribution in [0.25, 0.3) is 0 Å². The summed E-state index contributed by atoms with van der Waals surface area (Å²) in [5.74, 6) is -0.455. The largest absolute Gasteiger partial charge is 0.459 e. The van der Waals surface area contributed by atoms with Crippen molar-refractivity contribution in [2.75, 3.05) is 6.54 Å². The van der Waals surface area contributed by atoms with Gasteiger partial charge in [0.05, 0.1) is 0 Å². The summed E-state index contributed by atoms with van der Waals surface area (Å²) in [6, 6.07) is 28.8. The number of nitrogens with zero attached hydrogens (tertiary/aromatic N) is 1. The lowest BCUT2D eigenvalue weighted by Gasteiger charge is -2.36. The standard InChI is InChI=1S/C33H41NO4Si/c1-7-28(39(5,6)29-21-15-10-16-22-29)24-34(32(36)38-33(2,3)4)30(23-26-17-11-8-12-18-26)31(35)37-25-27-19-13-9-14-20-27/h7-22,30H,23-25H2,1-6H3/b28-7-/t30-/m0/s1. The van der Waals surface area contributed by atoms with Crippen molar-refractivity contribution in [3.05, 3.63) is 113 Å². The molecule has 0 unspecified atom stereocenters. The van der Waals surface area contributed by atoms with Crippen molar-refractivity contribution in [3.8, 4) is 0 Å². The summed E-state index contributed by atoms with van der Waals surface area (Å²) < 4.78 is 11.7. The van der Waals surface area contributed by atoms with Crippen molar-refractivity contribution in [3.63, 3.8) is 0 Å². The lowest BCUT2D eigenvalue weighted by molar-refractivity contribution is -0.151. The van der Waals surface area contributed by atoms with Crippen molar-refractivity contribution in [2.45, 2.75) is 65.5 Å². The molecule has 3 aromatic carbocycles. The number of hydrogen-bond acceptors (Lipinski definition) is 4. The maximum absolute atomic E-state index is 13.8. The average Bonchev–Trinajstić information content (AvgIpc) is 2.92. The number of ether oxygens (including phenoxy) is 2.